The van der Waals surface area contributed by atoms with Crippen molar-refractivity contribution in [1.82, 2.24) is 9.44 Å². The van der Waals surface area contributed by atoms with Gasteiger partial charge in [0.25, 0.3) is 10.2 Å². The van der Waals surface area contributed by atoms with Crippen LogP contribution < -0.4 is 9.44 Å². The van der Waals surface area contributed by atoms with E-state index in [2.05, 4.69) is 4.72 Å². The minimum absolute atomic E-state index is 0.794. The summed E-state index contributed by atoms with van der Waals surface area (Å²) in [4.78, 5) is 21.0. The Balaban J connectivity index is 4.76. The fourth-order valence-electron chi connectivity index (χ4n) is 0.974. The SMILES string of the molecule is CC(C)(C)NS(=O)(=O)NC(CC(=O)O)C(=O)O. The third-order valence-corrected chi connectivity index (χ3v) is 2.89. The van der Waals surface area contributed by atoms with Crippen molar-refractivity contribution in [2.45, 2.75) is 38.8 Å². The zero-order valence-electron chi connectivity index (χ0n) is 9.72. The van der Waals surface area contributed by atoms with Crippen molar-refractivity contribution in [3.63, 3.8) is 0 Å². The van der Waals surface area contributed by atoms with Gasteiger partial charge in [0.2, 0.25) is 0 Å². The lowest BCUT2D eigenvalue weighted by Crippen LogP contribution is -2.52. The Morgan fingerprint density at radius 2 is 1.71 bits per heavy atom. The molecule has 100 valence electrons. The summed E-state index contributed by atoms with van der Waals surface area (Å²) in [5.41, 5.74) is -0.794. The Morgan fingerprint density at radius 3 is 2.00 bits per heavy atom. The van der Waals surface area contributed by atoms with Crippen molar-refractivity contribution in [3.05, 3.63) is 0 Å². The van der Waals surface area contributed by atoms with E-state index in [1.807, 2.05) is 0 Å². The third-order valence-electron chi connectivity index (χ3n) is 1.41. The van der Waals surface area contributed by atoms with Crippen molar-refractivity contribution < 1.29 is 28.2 Å². The monoisotopic (exact) mass is 268 g/mol. The maximum atomic E-state index is 11.5. The van der Waals surface area contributed by atoms with Crippen LogP contribution in [0.15, 0.2) is 0 Å². The van der Waals surface area contributed by atoms with Gasteiger partial charge in [-0.3, -0.25) is 9.59 Å². The normalized spacial score (nSPS) is 14.3. The molecule has 0 aromatic carbocycles. The first-order chi connectivity index (χ1) is 7.43. The average molecular weight is 268 g/mol. The van der Waals surface area contributed by atoms with E-state index in [-0.39, 0.29) is 0 Å². The van der Waals surface area contributed by atoms with Crippen LogP contribution in [-0.2, 0) is 19.8 Å². The smallest absolute Gasteiger partial charge is 0.322 e. The summed E-state index contributed by atoms with van der Waals surface area (Å²) in [5.74, 6) is -2.96. The summed E-state index contributed by atoms with van der Waals surface area (Å²) >= 11 is 0. The lowest BCUT2D eigenvalue weighted by molar-refractivity contribution is -0.145. The predicted octanol–water partition coefficient (Wildman–Crippen LogP) is -0.863. The average Bonchev–Trinajstić information content (AvgIpc) is 1.95. The van der Waals surface area contributed by atoms with Crippen LogP contribution in [0.4, 0.5) is 0 Å². The van der Waals surface area contributed by atoms with Gasteiger partial charge >= 0.3 is 11.9 Å². The number of rotatable bonds is 6. The van der Waals surface area contributed by atoms with E-state index in [1.54, 1.807) is 25.5 Å². The lowest BCUT2D eigenvalue weighted by Gasteiger charge is -2.22. The second-order valence-corrected chi connectivity index (χ2v) is 5.91. The van der Waals surface area contributed by atoms with Crippen LogP contribution in [0.5, 0.6) is 0 Å². The molecule has 0 fully saturated rings. The molecule has 0 bridgehead atoms. The number of carboxylic acid groups (broad SMARTS) is 2. The number of carboxylic acids is 2. The zero-order valence-corrected chi connectivity index (χ0v) is 10.5. The number of carbonyl (C=O) groups is 2. The molecule has 0 aliphatic heterocycles. The first-order valence-electron chi connectivity index (χ1n) is 4.69. The van der Waals surface area contributed by atoms with E-state index >= 15 is 0 Å². The molecule has 0 heterocycles. The molecule has 1 atom stereocenters. The Bertz CT molecular complexity index is 397. The Hall–Kier alpha value is -1.19. The summed E-state index contributed by atoms with van der Waals surface area (Å²) in [7, 11) is -4.07. The molecule has 0 aromatic heterocycles. The highest BCUT2D eigenvalue weighted by Crippen LogP contribution is 2.02. The molecule has 9 heteroatoms. The molecule has 1 unspecified atom stereocenters. The van der Waals surface area contributed by atoms with Crippen molar-refractivity contribution in [1.29, 1.82) is 0 Å². The fraction of sp³-hybridized carbons (Fsp3) is 0.750. The second-order valence-electron chi connectivity index (χ2n) is 4.46. The summed E-state index contributed by atoms with van der Waals surface area (Å²) in [6, 6.07) is -1.70. The van der Waals surface area contributed by atoms with Crippen LogP contribution in [0.3, 0.4) is 0 Å². The maximum absolute atomic E-state index is 11.5. The molecule has 17 heavy (non-hydrogen) atoms. The van der Waals surface area contributed by atoms with Gasteiger partial charge in [-0.1, -0.05) is 0 Å². The van der Waals surface area contributed by atoms with Crippen LogP contribution in [0.2, 0.25) is 0 Å². The number of hydrogen-bond acceptors (Lipinski definition) is 4. The highest BCUT2D eigenvalue weighted by atomic mass is 32.2. The van der Waals surface area contributed by atoms with Crippen molar-refractivity contribution in [2.24, 2.45) is 0 Å². The fourth-order valence-corrected chi connectivity index (χ4v) is 2.40. The van der Waals surface area contributed by atoms with Crippen LogP contribution in [0.25, 0.3) is 0 Å². The highest BCUT2D eigenvalue weighted by molar-refractivity contribution is 7.87. The molecule has 4 N–H and O–H groups in total. The Labute approximate surface area is 99.2 Å². The van der Waals surface area contributed by atoms with E-state index in [1.165, 1.54) is 0 Å². The molecular weight excluding hydrogens is 252 g/mol. The number of aliphatic carboxylic acids is 2. The van der Waals surface area contributed by atoms with E-state index in [0.29, 0.717) is 0 Å². The molecule has 0 amide bonds. The van der Waals surface area contributed by atoms with Crippen molar-refractivity contribution in [2.75, 3.05) is 0 Å². The van der Waals surface area contributed by atoms with Crippen molar-refractivity contribution >= 4 is 22.1 Å². The lowest BCUT2D eigenvalue weighted by atomic mass is 10.1. The van der Waals surface area contributed by atoms with Crippen LogP contribution in [0, 0.1) is 0 Å². The van der Waals surface area contributed by atoms with Gasteiger partial charge in [0.05, 0.1) is 6.42 Å². The van der Waals surface area contributed by atoms with Gasteiger partial charge in [0, 0.05) is 5.54 Å². The maximum Gasteiger partial charge on any atom is 0.322 e. The van der Waals surface area contributed by atoms with Gasteiger partial charge in [-0.15, -0.1) is 0 Å². The van der Waals surface area contributed by atoms with E-state index in [9.17, 15) is 18.0 Å². The summed E-state index contributed by atoms with van der Waals surface area (Å²) in [6.07, 6.45) is -0.833. The largest absolute Gasteiger partial charge is 0.481 e. The number of hydrogen-bond donors (Lipinski definition) is 4. The molecule has 8 nitrogen and oxygen atoms in total. The molecule has 0 saturated carbocycles. The quantitative estimate of drug-likeness (QED) is 0.495. The standard InChI is InChI=1S/C8H16N2O6S/c1-8(2,3)10-17(15,16)9-5(7(13)14)4-6(11)12/h5,9-10H,4H2,1-3H3,(H,11,12)(H,13,14). The zero-order chi connectivity index (χ0) is 13.9. The molecule has 0 aliphatic rings. The summed E-state index contributed by atoms with van der Waals surface area (Å²) < 4.78 is 26.8. The summed E-state index contributed by atoms with van der Waals surface area (Å²) in [5, 5.41) is 17.1. The molecule has 0 radical (unpaired) electrons. The molecule has 0 aromatic rings. The Morgan fingerprint density at radius 1 is 1.24 bits per heavy atom. The predicted molar refractivity (Wildman–Crippen MR) is 58.6 cm³/mol. The van der Waals surface area contributed by atoms with E-state index in [0.717, 1.165) is 0 Å². The number of nitrogens with one attached hydrogen (secondary N) is 2. The summed E-state index contributed by atoms with van der Waals surface area (Å²) in [6.45, 7) is 4.71. The van der Waals surface area contributed by atoms with Gasteiger partial charge in [0.1, 0.15) is 6.04 Å². The molecular formula is C8H16N2O6S. The highest BCUT2D eigenvalue weighted by Gasteiger charge is 2.28. The van der Waals surface area contributed by atoms with Gasteiger partial charge < -0.3 is 10.2 Å². The molecule has 0 rings (SSSR count). The van der Waals surface area contributed by atoms with Crippen LogP contribution in [-0.4, -0.2) is 42.2 Å². The second kappa shape index (κ2) is 5.43. The molecule has 0 saturated heterocycles. The minimum atomic E-state index is -4.07. The molecule has 0 aliphatic carbocycles. The molecule has 0 spiro atoms. The first-order valence-corrected chi connectivity index (χ1v) is 6.17. The third kappa shape index (κ3) is 7.66. The van der Waals surface area contributed by atoms with Gasteiger partial charge in [0.15, 0.2) is 0 Å². The van der Waals surface area contributed by atoms with Crippen molar-refractivity contribution in [3.8, 4) is 0 Å². The Kier molecular flexibility index (Phi) is 5.05. The van der Waals surface area contributed by atoms with Crippen LogP contribution in [0.1, 0.15) is 27.2 Å². The van der Waals surface area contributed by atoms with E-state index < -0.39 is 40.1 Å². The minimum Gasteiger partial charge on any atom is -0.481 e. The van der Waals surface area contributed by atoms with Gasteiger partial charge in [-0.2, -0.15) is 17.9 Å². The van der Waals surface area contributed by atoms with Gasteiger partial charge in [-0.25, -0.2) is 0 Å². The van der Waals surface area contributed by atoms with Gasteiger partial charge in [-0.05, 0) is 20.8 Å². The van der Waals surface area contributed by atoms with Crippen LogP contribution >= 0.6 is 0 Å². The van der Waals surface area contributed by atoms with E-state index in [4.69, 9.17) is 10.2 Å². The first kappa shape index (κ1) is 15.8. The topological polar surface area (TPSA) is 133 Å².